The summed E-state index contributed by atoms with van der Waals surface area (Å²) in [6, 6.07) is 0. The molecule has 0 radical (unpaired) electrons. The third-order valence-corrected chi connectivity index (χ3v) is 2.59. The Hall–Kier alpha value is -0.160. The lowest BCUT2D eigenvalue weighted by molar-refractivity contribution is -0.0265. The first-order valence-electron chi connectivity index (χ1n) is 5.68. The van der Waals surface area contributed by atoms with E-state index >= 15 is 0 Å². The van der Waals surface area contributed by atoms with E-state index in [0.29, 0.717) is 6.61 Å². The van der Waals surface area contributed by atoms with Crippen LogP contribution >= 0.6 is 0 Å². The summed E-state index contributed by atoms with van der Waals surface area (Å²) in [7, 11) is 0. The number of hydrogen-bond acceptors (Lipinski definition) is 4. The van der Waals surface area contributed by atoms with Crippen LogP contribution in [-0.2, 0) is 4.74 Å². The molecule has 90 valence electrons. The number of hydrogen-bond donors (Lipinski definition) is 2. The molecule has 0 aromatic heterocycles. The summed E-state index contributed by atoms with van der Waals surface area (Å²) in [5, 5.41) is 18.3. The number of ether oxygens (including phenoxy) is 1. The first-order chi connectivity index (χ1) is 7.01. The van der Waals surface area contributed by atoms with Crippen molar-refractivity contribution in [3.63, 3.8) is 0 Å². The summed E-state index contributed by atoms with van der Waals surface area (Å²) in [5.41, 5.74) is -0.612. The van der Waals surface area contributed by atoms with Gasteiger partial charge in [-0.1, -0.05) is 0 Å². The average Bonchev–Trinajstić information content (AvgIpc) is 2.14. The molecule has 4 heteroatoms. The van der Waals surface area contributed by atoms with E-state index in [1.54, 1.807) is 0 Å². The number of aliphatic hydroxyl groups excluding tert-OH is 1. The monoisotopic (exact) mass is 217 g/mol. The highest BCUT2D eigenvalue weighted by molar-refractivity contribution is 4.78. The molecule has 2 N–H and O–H groups in total. The summed E-state index contributed by atoms with van der Waals surface area (Å²) in [5.74, 6) is 0. The summed E-state index contributed by atoms with van der Waals surface area (Å²) >= 11 is 0. The lowest BCUT2D eigenvalue weighted by Gasteiger charge is -2.35. The topological polar surface area (TPSA) is 52.9 Å². The van der Waals surface area contributed by atoms with E-state index in [4.69, 9.17) is 9.84 Å². The van der Waals surface area contributed by atoms with E-state index in [9.17, 15) is 5.11 Å². The maximum Gasteiger partial charge on any atom is 0.0718 e. The molecule has 15 heavy (non-hydrogen) atoms. The molecule has 0 bridgehead atoms. The molecule has 0 spiro atoms. The van der Waals surface area contributed by atoms with Crippen molar-refractivity contribution in [1.82, 2.24) is 4.90 Å². The summed E-state index contributed by atoms with van der Waals surface area (Å²) in [6.07, 6.45) is 2.28. The van der Waals surface area contributed by atoms with Crippen molar-refractivity contribution >= 4 is 0 Å². The van der Waals surface area contributed by atoms with E-state index in [0.717, 1.165) is 32.5 Å². The second-order valence-corrected chi connectivity index (χ2v) is 4.88. The van der Waals surface area contributed by atoms with Crippen molar-refractivity contribution in [2.75, 3.05) is 32.8 Å². The molecule has 0 amide bonds. The van der Waals surface area contributed by atoms with Gasteiger partial charge in [-0.2, -0.15) is 0 Å². The van der Waals surface area contributed by atoms with Crippen molar-refractivity contribution in [1.29, 1.82) is 0 Å². The van der Waals surface area contributed by atoms with Crippen LogP contribution in [0.3, 0.4) is 0 Å². The highest BCUT2D eigenvalue weighted by Gasteiger charge is 2.23. The zero-order chi connectivity index (χ0) is 11.3. The van der Waals surface area contributed by atoms with E-state index in [2.05, 4.69) is 4.90 Å². The molecule has 0 unspecified atom stereocenters. The zero-order valence-corrected chi connectivity index (χ0v) is 9.78. The molecular weight excluding hydrogens is 194 g/mol. The normalized spacial score (nSPS) is 20.8. The van der Waals surface area contributed by atoms with Crippen LogP contribution in [0.4, 0.5) is 0 Å². The Balaban J connectivity index is 2.18. The van der Waals surface area contributed by atoms with Gasteiger partial charge in [0.15, 0.2) is 0 Å². The van der Waals surface area contributed by atoms with E-state index in [-0.39, 0.29) is 12.7 Å². The first-order valence-corrected chi connectivity index (χ1v) is 5.68. The van der Waals surface area contributed by atoms with Crippen LogP contribution in [-0.4, -0.2) is 59.7 Å². The molecule has 0 aliphatic carbocycles. The molecular formula is C11H23NO3. The molecule has 0 atom stereocenters. The van der Waals surface area contributed by atoms with Crippen LogP contribution < -0.4 is 0 Å². The van der Waals surface area contributed by atoms with Gasteiger partial charge in [-0.15, -0.1) is 0 Å². The quantitative estimate of drug-likeness (QED) is 0.692. The lowest BCUT2D eigenvalue weighted by Crippen LogP contribution is -2.44. The van der Waals surface area contributed by atoms with E-state index in [1.807, 2.05) is 13.8 Å². The summed E-state index contributed by atoms with van der Waals surface area (Å²) < 4.78 is 5.47. The third kappa shape index (κ3) is 5.47. The number of aliphatic hydroxyl groups is 2. The summed E-state index contributed by atoms with van der Waals surface area (Å²) in [6.45, 7) is 6.88. The highest BCUT2D eigenvalue weighted by atomic mass is 16.5. The Bertz CT molecular complexity index is 171. The molecule has 0 aromatic rings. The largest absolute Gasteiger partial charge is 0.394 e. The minimum atomic E-state index is -0.612. The Kier molecular flexibility index (Phi) is 4.99. The van der Waals surface area contributed by atoms with Gasteiger partial charge < -0.3 is 19.8 Å². The maximum absolute atomic E-state index is 9.67. The number of rotatable bonds is 5. The number of likely N-dealkylation sites (tertiary alicyclic amines) is 1. The van der Waals surface area contributed by atoms with Crippen molar-refractivity contribution in [2.24, 2.45) is 0 Å². The van der Waals surface area contributed by atoms with E-state index in [1.165, 1.54) is 0 Å². The minimum Gasteiger partial charge on any atom is -0.394 e. The number of nitrogens with zero attached hydrogens (tertiary/aromatic N) is 1. The smallest absolute Gasteiger partial charge is 0.0718 e. The predicted molar refractivity (Wildman–Crippen MR) is 58.8 cm³/mol. The Morgan fingerprint density at radius 2 is 1.93 bits per heavy atom. The van der Waals surface area contributed by atoms with Crippen LogP contribution in [0.25, 0.3) is 0 Å². The van der Waals surface area contributed by atoms with E-state index < -0.39 is 5.60 Å². The number of piperidine rings is 1. The predicted octanol–water partition coefficient (Wildman–Crippen LogP) is 0.231. The maximum atomic E-state index is 9.67. The third-order valence-electron chi connectivity index (χ3n) is 2.59. The summed E-state index contributed by atoms with van der Waals surface area (Å²) in [4.78, 5) is 2.26. The van der Waals surface area contributed by atoms with Crippen molar-refractivity contribution in [2.45, 2.75) is 38.4 Å². The van der Waals surface area contributed by atoms with Crippen molar-refractivity contribution < 1.29 is 14.9 Å². The van der Waals surface area contributed by atoms with Gasteiger partial charge in [-0.3, -0.25) is 0 Å². The van der Waals surface area contributed by atoms with Gasteiger partial charge in [-0.25, -0.2) is 0 Å². The van der Waals surface area contributed by atoms with Crippen LogP contribution in [0.1, 0.15) is 26.7 Å². The van der Waals surface area contributed by atoms with Crippen molar-refractivity contribution in [3.05, 3.63) is 0 Å². The fraction of sp³-hybridized carbons (Fsp3) is 1.00. The fourth-order valence-corrected chi connectivity index (χ4v) is 2.00. The Morgan fingerprint density at radius 3 is 2.40 bits per heavy atom. The SMILES string of the molecule is CC(C)(O)CN1CCC(OCCO)CC1. The Morgan fingerprint density at radius 1 is 1.33 bits per heavy atom. The molecule has 1 heterocycles. The van der Waals surface area contributed by atoms with Crippen molar-refractivity contribution in [3.8, 4) is 0 Å². The molecule has 1 rings (SSSR count). The van der Waals surface area contributed by atoms with Crippen LogP contribution in [0.2, 0.25) is 0 Å². The lowest BCUT2D eigenvalue weighted by atomic mass is 10.0. The van der Waals surface area contributed by atoms with Gasteiger partial charge in [0.25, 0.3) is 0 Å². The minimum absolute atomic E-state index is 0.101. The molecule has 1 aliphatic rings. The molecule has 0 aromatic carbocycles. The molecule has 4 nitrogen and oxygen atoms in total. The van der Waals surface area contributed by atoms with Crippen LogP contribution in [0.5, 0.6) is 0 Å². The zero-order valence-electron chi connectivity index (χ0n) is 9.78. The molecule has 0 saturated carbocycles. The van der Waals surface area contributed by atoms with Gasteiger partial charge in [0.1, 0.15) is 0 Å². The van der Waals surface area contributed by atoms with Gasteiger partial charge in [0.05, 0.1) is 24.9 Å². The van der Waals surface area contributed by atoms with Gasteiger partial charge in [0, 0.05) is 19.6 Å². The number of β-amino-alcohol motifs (C(OH)–C–C–N with tert-alkyl or cyclic N) is 1. The molecule has 1 fully saturated rings. The molecule has 1 aliphatic heterocycles. The van der Waals surface area contributed by atoms with Crippen LogP contribution in [0, 0.1) is 0 Å². The average molecular weight is 217 g/mol. The second kappa shape index (κ2) is 5.80. The second-order valence-electron chi connectivity index (χ2n) is 4.88. The fourth-order valence-electron chi connectivity index (χ4n) is 2.00. The van der Waals surface area contributed by atoms with Crippen LogP contribution in [0.15, 0.2) is 0 Å². The standard InChI is InChI=1S/C11H23NO3/c1-11(2,14)9-12-5-3-10(4-6-12)15-8-7-13/h10,13-14H,3-9H2,1-2H3. The van der Waals surface area contributed by atoms with Gasteiger partial charge >= 0.3 is 0 Å². The van der Waals surface area contributed by atoms with Gasteiger partial charge in [-0.05, 0) is 26.7 Å². The Labute approximate surface area is 91.8 Å². The first kappa shape index (κ1) is 12.9. The highest BCUT2D eigenvalue weighted by Crippen LogP contribution is 2.15. The van der Waals surface area contributed by atoms with Gasteiger partial charge in [0.2, 0.25) is 0 Å². The molecule has 1 saturated heterocycles.